The van der Waals surface area contributed by atoms with Crippen LogP contribution in [-0.2, 0) is 54.4 Å². The van der Waals surface area contributed by atoms with E-state index in [9.17, 15) is 52.7 Å². The number of piperidine rings is 1. The van der Waals surface area contributed by atoms with Crippen LogP contribution in [0.4, 0.5) is 34.5 Å². The van der Waals surface area contributed by atoms with Crippen molar-refractivity contribution in [1.82, 2.24) is 84.2 Å². The highest BCUT2D eigenvalue weighted by Crippen LogP contribution is 2.35. The lowest BCUT2D eigenvalue weighted by molar-refractivity contribution is -0.134. The Bertz CT molecular complexity index is 3880. The molecule has 2 aliphatic rings. The van der Waals surface area contributed by atoms with Crippen LogP contribution in [0.3, 0.4) is 0 Å². The predicted molar refractivity (Wildman–Crippen MR) is 323 cm³/mol. The van der Waals surface area contributed by atoms with E-state index in [0.29, 0.717) is 29.9 Å². The number of hydrogen-bond acceptors (Lipinski definition) is 16. The fraction of sp³-hybridized carbons (Fsp3) is 0.375. The molecule has 474 valence electrons. The number of aromatic nitrogens is 11. The quantitative estimate of drug-likeness (QED) is 0.0326. The number of aromatic amines is 2. The Hall–Kier alpha value is -11.2. The zero-order chi connectivity index (χ0) is 64.2. The lowest BCUT2D eigenvalue weighted by Crippen LogP contribution is -2.58. The third-order valence-corrected chi connectivity index (χ3v) is 14.9. The molecule has 0 unspecified atom stereocenters. The molecule has 0 bridgehead atoms. The van der Waals surface area contributed by atoms with E-state index in [1.807, 2.05) is 4.90 Å². The molecule has 34 heteroatoms. The van der Waals surface area contributed by atoms with Crippen molar-refractivity contribution in [2.24, 2.45) is 40.7 Å². The molecule has 9 heterocycles. The number of aryl methyl sites for hydroxylation is 5. The van der Waals surface area contributed by atoms with E-state index in [4.69, 9.17) is 0 Å². The van der Waals surface area contributed by atoms with Gasteiger partial charge in [-0.1, -0.05) is 0 Å². The molecule has 0 aromatic carbocycles. The minimum absolute atomic E-state index is 0.0168. The molecular weight excluding hydrogens is 1170 g/mol. The van der Waals surface area contributed by atoms with Crippen LogP contribution in [-0.4, -0.2) is 175 Å². The first-order chi connectivity index (χ1) is 43.1. The Morgan fingerprint density at radius 1 is 0.467 bits per heavy atom. The van der Waals surface area contributed by atoms with Crippen molar-refractivity contribution in [3.05, 3.63) is 108 Å². The molecule has 1 spiro atoms. The lowest BCUT2D eigenvalue weighted by atomic mass is 9.73. The number of carbonyl (C=O) groups is 11. The number of carbonyl (C=O) groups excluding carboxylic acids is 11. The topological polar surface area (TPSA) is 431 Å². The van der Waals surface area contributed by atoms with Crippen molar-refractivity contribution in [3.8, 4) is 0 Å². The highest BCUT2D eigenvalue weighted by Gasteiger charge is 2.40. The van der Waals surface area contributed by atoms with Crippen LogP contribution >= 0.6 is 0 Å². The second-order valence-electron chi connectivity index (χ2n) is 21.7. The molecule has 7 aromatic rings. The number of H-pyrrole nitrogens is 2. The van der Waals surface area contributed by atoms with Crippen molar-refractivity contribution < 1.29 is 52.7 Å². The van der Waals surface area contributed by atoms with E-state index < -0.39 is 59.1 Å². The number of rotatable bonds is 26. The van der Waals surface area contributed by atoms with Crippen LogP contribution in [0, 0.1) is 5.41 Å². The molecule has 2 saturated heterocycles. The lowest BCUT2D eigenvalue weighted by Gasteiger charge is -2.48. The number of amides is 11. The van der Waals surface area contributed by atoms with Gasteiger partial charge in [-0.2, -0.15) is 0 Å². The molecule has 34 nitrogen and oxygen atoms in total. The Balaban J connectivity index is 0.621. The highest BCUT2D eigenvalue weighted by atomic mass is 16.2. The summed E-state index contributed by atoms with van der Waals surface area (Å²) < 4.78 is 7.48. The Kier molecular flexibility index (Phi) is 19.8. The highest BCUT2D eigenvalue weighted by molar-refractivity contribution is 6.06. The van der Waals surface area contributed by atoms with E-state index in [1.165, 1.54) is 73.6 Å². The second kappa shape index (κ2) is 28.1. The number of nitrogens with one attached hydrogen (secondary N) is 13. The summed E-state index contributed by atoms with van der Waals surface area (Å²) in [5.41, 5.74) is 1.89. The fourth-order valence-corrected chi connectivity index (χ4v) is 9.97. The van der Waals surface area contributed by atoms with E-state index in [2.05, 4.69) is 88.4 Å². The molecule has 2 aliphatic heterocycles. The average molecular weight is 1240 g/mol. The van der Waals surface area contributed by atoms with Gasteiger partial charge in [-0.25, -0.2) is 19.9 Å². The molecule has 0 radical (unpaired) electrons. The van der Waals surface area contributed by atoms with Gasteiger partial charge < -0.3 is 96.2 Å². The van der Waals surface area contributed by atoms with Crippen LogP contribution in [0.2, 0.25) is 0 Å². The molecular formula is C56H69N23O11. The molecule has 0 aliphatic carbocycles. The van der Waals surface area contributed by atoms with Gasteiger partial charge in [0, 0.05) is 163 Å². The number of likely N-dealkylation sites (tertiary alicyclic amines) is 1. The van der Waals surface area contributed by atoms with Gasteiger partial charge in [-0.05, 0) is 42.9 Å². The van der Waals surface area contributed by atoms with Gasteiger partial charge in [0.05, 0.1) is 17.1 Å². The summed E-state index contributed by atoms with van der Waals surface area (Å²) in [6, 6.07) is 4.39. The standard InChI is InChI=1S/C56H69N23O11/c1-74-20-17-58-47(74)54(89)66-33-22-36(76(3)27-33)50(85)60-14-9-43(82)69-40-29-78(5)48(72-40)55(90)67-34-23-35(75(2)28-34)49(84)59-13-6-7-41(80)68-38-24-63-45(70-38)52(87)61-15-8-42(81)65-32-21-37(77(4)26-32)51(86)73-39-25-64-46(71-39)53(88)62-16-10-44(83)79-18-11-56(12-19-79)30-57-31-56/h17,20-29,57H,6-16,18-19,30-31H2,1-5H3,(H,59,84)(H,60,85)(H,61,87)(H,62,88)(H,63,70)(H,64,71)(H,65,81)(H,66,89)(H,67,90)(H,68,80)(H,69,82)(H,73,86). The molecule has 0 atom stereocenters. The maximum Gasteiger partial charge on any atom is 0.291 e. The summed E-state index contributed by atoms with van der Waals surface area (Å²) in [5, 5.41) is 29.8. The van der Waals surface area contributed by atoms with Crippen LogP contribution in [0.5, 0.6) is 0 Å². The zero-order valence-electron chi connectivity index (χ0n) is 49.9. The maximum absolute atomic E-state index is 13.3. The van der Waals surface area contributed by atoms with E-state index >= 15 is 0 Å². The monoisotopic (exact) mass is 1240 g/mol. The van der Waals surface area contributed by atoms with E-state index in [-0.39, 0.29) is 128 Å². The molecule has 11 amide bonds. The summed E-state index contributed by atoms with van der Waals surface area (Å²) in [7, 11) is 8.08. The van der Waals surface area contributed by atoms with Gasteiger partial charge in [0.15, 0.2) is 34.9 Å². The number of anilines is 6. The normalized spacial score (nSPS) is 13.1. The predicted octanol–water partition coefficient (Wildman–Crippen LogP) is 0.370. The van der Waals surface area contributed by atoms with Crippen LogP contribution in [0.25, 0.3) is 0 Å². The molecule has 9 rings (SSSR count). The van der Waals surface area contributed by atoms with Crippen molar-refractivity contribution in [3.63, 3.8) is 0 Å². The first-order valence-electron chi connectivity index (χ1n) is 28.6. The summed E-state index contributed by atoms with van der Waals surface area (Å²) in [6.45, 7) is 3.54. The van der Waals surface area contributed by atoms with Crippen molar-refractivity contribution in [2.45, 2.75) is 44.9 Å². The second-order valence-corrected chi connectivity index (χ2v) is 21.7. The van der Waals surface area contributed by atoms with Crippen molar-refractivity contribution in [1.29, 1.82) is 0 Å². The van der Waals surface area contributed by atoms with Gasteiger partial charge in [-0.15, -0.1) is 0 Å². The van der Waals surface area contributed by atoms with Crippen LogP contribution in [0.15, 0.2) is 67.8 Å². The van der Waals surface area contributed by atoms with Gasteiger partial charge in [0.1, 0.15) is 17.1 Å². The number of nitrogens with zero attached hydrogens (tertiary/aromatic N) is 10. The molecule has 90 heavy (non-hydrogen) atoms. The first-order valence-corrected chi connectivity index (χ1v) is 28.6. The molecule has 13 N–H and O–H groups in total. The fourth-order valence-electron chi connectivity index (χ4n) is 9.97. The van der Waals surface area contributed by atoms with Crippen LogP contribution in [0.1, 0.15) is 119 Å². The Labute approximate surface area is 512 Å². The number of hydrogen-bond donors (Lipinski definition) is 13. The Morgan fingerprint density at radius 2 is 0.944 bits per heavy atom. The van der Waals surface area contributed by atoms with Crippen LogP contribution < -0.4 is 58.5 Å². The van der Waals surface area contributed by atoms with Gasteiger partial charge in [-0.3, -0.25) is 52.7 Å². The zero-order valence-corrected chi connectivity index (χ0v) is 49.9. The van der Waals surface area contributed by atoms with Crippen molar-refractivity contribution >= 4 is 99.5 Å². The summed E-state index contributed by atoms with van der Waals surface area (Å²) in [6.07, 6.45) is 13.9. The Morgan fingerprint density at radius 3 is 1.49 bits per heavy atom. The maximum atomic E-state index is 13.3. The minimum Gasteiger partial charge on any atom is -0.351 e. The summed E-state index contributed by atoms with van der Waals surface area (Å²) >= 11 is 0. The molecule has 0 saturated carbocycles. The summed E-state index contributed by atoms with van der Waals surface area (Å²) in [5.74, 6) is -5.01. The number of imidazole rings is 4. The smallest absolute Gasteiger partial charge is 0.291 e. The third kappa shape index (κ3) is 16.1. The molecule has 7 aromatic heterocycles. The van der Waals surface area contributed by atoms with E-state index in [1.54, 1.807) is 52.2 Å². The minimum atomic E-state index is -0.646. The van der Waals surface area contributed by atoms with Crippen molar-refractivity contribution in [2.75, 3.05) is 84.3 Å². The van der Waals surface area contributed by atoms with E-state index in [0.717, 1.165) is 25.9 Å². The average Bonchev–Trinajstić information content (AvgIpc) is 1.76. The van der Waals surface area contributed by atoms with Gasteiger partial charge >= 0.3 is 0 Å². The summed E-state index contributed by atoms with van der Waals surface area (Å²) in [4.78, 5) is 165. The van der Waals surface area contributed by atoms with Gasteiger partial charge in [0.25, 0.3) is 41.4 Å². The third-order valence-electron chi connectivity index (χ3n) is 14.9. The van der Waals surface area contributed by atoms with Gasteiger partial charge in [0.2, 0.25) is 29.5 Å². The largest absolute Gasteiger partial charge is 0.351 e. The SMILES string of the molecule is Cn1cc(NC(=O)c2nc(NC(=O)CCNC(=O)c3cc(NC(=O)c4nccn4C)cn3C)cn2C)cc1C(=O)NCCCC(=O)Nc1c[nH]c(C(=O)NCCC(=O)Nc2cc(C(=O)Nc3c[nH]c(C(=O)NCCC(=O)N4CCC5(CC4)CNC5)n3)n(C)c2)n1. The first kappa shape index (κ1) is 63.3. The molecule has 2 fully saturated rings.